The zero-order valence-corrected chi connectivity index (χ0v) is 15.9. The van der Waals surface area contributed by atoms with Crippen LogP contribution in [0, 0.1) is 0 Å². The lowest BCUT2D eigenvalue weighted by Gasteiger charge is -2.26. The van der Waals surface area contributed by atoms with Gasteiger partial charge in [-0.05, 0) is 49.1 Å². The Balaban J connectivity index is 0.00000196. The molecule has 4 rings (SSSR count). The summed E-state index contributed by atoms with van der Waals surface area (Å²) in [6.07, 6.45) is 7.98. The highest BCUT2D eigenvalue weighted by atomic mass is 35.5. The molecule has 4 heteroatoms. The van der Waals surface area contributed by atoms with Gasteiger partial charge in [0.2, 0.25) is 0 Å². The lowest BCUT2D eigenvalue weighted by Crippen LogP contribution is -2.29. The van der Waals surface area contributed by atoms with Gasteiger partial charge >= 0.3 is 0 Å². The first kappa shape index (κ1) is 18.7. The fourth-order valence-corrected chi connectivity index (χ4v) is 3.63. The summed E-state index contributed by atoms with van der Waals surface area (Å²) in [4.78, 5) is 7.04. The third-order valence-electron chi connectivity index (χ3n) is 5.09. The molecule has 1 aromatic heterocycles. The van der Waals surface area contributed by atoms with E-state index in [-0.39, 0.29) is 12.4 Å². The van der Waals surface area contributed by atoms with Gasteiger partial charge < -0.3 is 4.57 Å². The summed E-state index contributed by atoms with van der Waals surface area (Å²) in [5.41, 5.74) is 5.23. The van der Waals surface area contributed by atoms with Crippen LogP contribution in [0.4, 0.5) is 0 Å². The normalized spacial score (nSPS) is 14.8. The van der Waals surface area contributed by atoms with Gasteiger partial charge in [0.15, 0.2) is 0 Å². The molecular formula is C22H26ClN3. The topological polar surface area (TPSA) is 21.1 Å². The number of hydrogen-bond acceptors (Lipinski definition) is 2. The van der Waals surface area contributed by atoms with Crippen molar-refractivity contribution in [3.63, 3.8) is 0 Å². The Hall–Kier alpha value is -2.10. The minimum Gasteiger partial charge on any atom is -0.331 e. The van der Waals surface area contributed by atoms with Crippen molar-refractivity contribution in [2.24, 2.45) is 0 Å². The third-order valence-corrected chi connectivity index (χ3v) is 5.09. The van der Waals surface area contributed by atoms with E-state index in [2.05, 4.69) is 69.1 Å². The molecule has 0 aliphatic carbocycles. The van der Waals surface area contributed by atoms with Gasteiger partial charge in [-0.2, -0.15) is 0 Å². The van der Waals surface area contributed by atoms with Crippen LogP contribution in [0.5, 0.6) is 0 Å². The molecular weight excluding hydrogens is 342 g/mol. The molecule has 2 aromatic carbocycles. The molecule has 0 radical (unpaired) electrons. The maximum atomic E-state index is 4.47. The fourth-order valence-electron chi connectivity index (χ4n) is 3.63. The smallest absolute Gasteiger partial charge is 0.0958 e. The predicted octanol–water partition coefficient (Wildman–Crippen LogP) is 5.03. The van der Waals surface area contributed by atoms with E-state index < -0.39 is 0 Å². The minimum atomic E-state index is 0. The van der Waals surface area contributed by atoms with Crippen molar-refractivity contribution in [1.29, 1.82) is 0 Å². The van der Waals surface area contributed by atoms with Crippen LogP contribution in [0.15, 0.2) is 67.0 Å². The predicted molar refractivity (Wildman–Crippen MR) is 112 cm³/mol. The van der Waals surface area contributed by atoms with E-state index in [0.29, 0.717) is 0 Å². The largest absolute Gasteiger partial charge is 0.331 e. The van der Waals surface area contributed by atoms with Crippen molar-refractivity contribution in [2.45, 2.75) is 25.8 Å². The van der Waals surface area contributed by atoms with Crippen LogP contribution in [0.1, 0.15) is 24.8 Å². The Bertz CT molecular complexity index is 854. The molecule has 3 nitrogen and oxygen atoms in total. The first-order valence-corrected chi connectivity index (χ1v) is 9.27. The minimum absolute atomic E-state index is 0. The first-order valence-electron chi connectivity index (χ1n) is 9.27. The standard InChI is InChI=1S/C22H25N3.ClH/c1-2-8-19(9-3-1)20-12-16-24(17-13-20)14-6-7-15-25-18-23-21-10-4-5-11-22(21)25;/h1-5,8-12,18H,6-7,13-17H2;1H. The average Bonchev–Trinajstić information content (AvgIpc) is 3.10. The van der Waals surface area contributed by atoms with Crippen molar-refractivity contribution >= 4 is 29.0 Å². The van der Waals surface area contributed by atoms with Gasteiger partial charge in [0.05, 0.1) is 17.4 Å². The molecule has 3 aromatic rings. The van der Waals surface area contributed by atoms with Crippen LogP contribution < -0.4 is 0 Å². The van der Waals surface area contributed by atoms with E-state index in [1.807, 2.05) is 12.4 Å². The molecule has 1 aliphatic heterocycles. The number of para-hydroxylation sites is 2. The van der Waals surface area contributed by atoms with E-state index in [1.54, 1.807) is 0 Å². The second-order valence-corrected chi connectivity index (χ2v) is 6.78. The number of imidazole rings is 1. The van der Waals surface area contributed by atoms with Crippen molar-refractivity contribution in [3.05, 3.63) is 72.6 Å². The zero-order chi connectivity index (χ0) is 16.9. The number of nitrogens with zero attached hydrogens (tertiary/aromatic N) is 3. The van der Waals surface area contributed by atoms with Gasteiger partial charge in [-0.25, -0.2) is 4.98 Å². The highest BCUT2D eigenvalue weighted by molar-refractivity contribution is 5.85. The van der Waals surface area contributed by atoms with E-state index in [0.717, 1.165) is 25.0 Å². The second-order valence-electron chi connectivity index (χ2n) is 6.78. The third kappa shape index (κ3) is 4.35. The lowest BCUT2D eigenvalue weighted by atomic mass is 9.99. The monoisotopic (exact) mass is 367 g/mol. The number of rotatable bonds is 6. The van der Waals surface area contributed by atoms with Gasteiger partial charge in [0.25, 0.3) is 0 Å². The van der Waals surface area contributed by atoms with Crippen molar-refractivity contribution in [1.82, 2.24) is 14.5 Å². The second kappa shape index (κ2) is 9.02. The maximum absolute atomic E-state index is 4.47. The molecule has 136 valence electrons. The zero-order valence-electron chi connectivity index (χ0n) is 15.1. The molecule has 2 heterocycles. The Morgan fingerprint density at radius 1 is 0.885 bits per heavy atom. The SMILES string of the molecule is C1=C(c2ccccc2)CCN(CCCCn2cnc3ccccc32)C1.Cl. The molecule has 0 atom stereocenters. The Morgan fingerprint density at radius 2 is 1.65 bits per heavy atom. The molecule has 0 fully saturated rings. The van der Waals surface area contributed by atoms with Crippen molar-refractivity contribution in [2.75, 3.05) is 19.6 Å². The van der Waals surface area contributed by atoms with Gasteiger partial charge in [-0.15, -0.1) is 12.4 Å². The van der Waals surface area contributed by atoms with Crippen LogP contribution in [-0.4, -0.2) is 34.1 Å². The van der Waals surface area contributed by atoms with Gasteiger partial charge in [0.1, 0.15) is 0 Å². The molecule has 0 amide bonds. The molecule has 0 N–H and O–H groups in total. The Labute approximate surface area is 161 Å². The van der Waals surface area contributed by atoms with Crippen LogP contribution in [0.2, 0.25) is 0 Å². The highest BCUT2D eigenvalue weighted by Crippen LogP contribution is 2.22. The Kier molecular flexibility index (Phi) is 6.48. The summed E-state index contributed by atoms with van der Waals surface area (Å²) < 4.78 is 2.28. The quantitative estimate of drug-likeness (QED) is 0.570. The van der Waals surface area contributed by atoms with E-state index in [1.165, 1.54) is 42.6 Å². The molecule has 1 aliphatic rings. The fraction of sp³-hybridized carbons (Fsp3) is 0.318. The maximum Gasteiger partial charge on any atom is 0.0958 e. The summed E-state index contributed by atoms with van der Waals surface area (Å²) >= 11 is 0. The van der Waals surface area contributed by atoms with Crippen molar-refractivity contribution in [3.8, 4) is 0 Å². The molecule has 26 heavy (non-hydrogen) atoms. The summed E-state index contributed by atoms with van der Waals surface area (Å²) in [6, 6.07) is 19.2. The molecule has 0 saturated heterocycles. The molecule has 0 unspecified atom stereocenters. The van der Waals surface area contributed by atoms with E-state index in [4.69, 9.17) is 0 Å². The Morgan fingerprint density at radius 3 is 2.46 bits per heavy atom. The van der Waals surface area contributed by atoms with E-state index >= 15 is 0 Å². The molecule has 0 spiro atoms. The van der Waals surface area contributed by atoms with Crippen LogP contribution >= 0.6 is 12.4 Å². The molecule has 0 saturated carbocycles. The average molecular weight is 368 g/mol. The van der Waals surface area contributed by atoms with Gasteiger partial charge in [-0.3, -0.25) is 4.90 Å². The van der Waals surface area contributed by atoms with E-state index in [9.17, 15) is 0 Å². The lowest BCUT2D eigenvalue weighted by molar-refractivity contribution is 0.293. The highest BCUT2D eigenvalue weighted by Gasteiger charge is 2.12. The summed E-state index contributed by atoms with van der Waals surface area (Å²) in [6.45, 7) is 4.50. The van der Waals surface area contributed by atoms with Gasteiger partial charge in [0, 0.05) is 19.6 Å². The summed E-state index contributed by atoms with van der Waals surface area (Å²) in [5.74, 6) is 0. The van der Waals surface area contributed by atoms with Crippen LogP contribution in [0.3, 0.4) is 0 Å². The number of aryl methyl sites for hydroxylation is 1. The number of aromatic nitrogens is 2. The molecule has 0 bridgehead atoms. The van der Waals surface area contributed by atoms with Crippen LogP contribution in [-0.2, 0) is 6.54 Å². The van der Waals surface area contributed by atoms with Crippen molar-refractivity contribution < 1.29 is 0 Å². The summed E-state index contributed by atoms with van der Waals surface area (Å²) in [7, 11) is 0. The number of benzene rings is 2. The number of hydrogen-bond donors (Lipinski definition) is 0. The number of halogens is 1. The first-order chi connectivity index (χ1) is 12.4. The summed E-state index contributed by atoms with van der Waals surface area (Å²) in [5, 5.41) is 0. The van der Waals surface area contributed by atoms with Crippen LogP contribution in [0.25, 0.3) is 16.6 Å². The number of fused-ring (bicyclic) bond motifs is 1. The number of unbranched alkanes of at least 4 members (excludes halogenated alkanes) is 1. The van der Waals surface area contributed by atoms with Gasteiger partial charge in [-0.1, -0.05) is 48.5 Å².